The summed E-state index contributed by atoms with van der Waals surface area (Å²) in [7, 11) is -2.53. The van der Waals surface area contributed by atoms with E-state index in [-0.39, 0.29) is 29.5 Å². The molecule has 0 bridgehead atoms. The molecule has 1 atom stereocenters. The van der Waals surface area contributed by atoms with Crippen molar-refractivity contribution in [1.29, 1.82) is 0 Å². The maximum atomic E-state index is 13.4. The molecule has 0 saturated heterocycles. The Hall–Kier alpha value is -3.16. The molecular weight excluding hydrogens is 496 g/mol. The highest BCUT2D eigenvalue weighted by Gasteiger charge is 2.23. The fraction of sp³-hybridized carbons (Fsp3) is 0.286. The number of rotatable bonds is 9. The number of hydrogen-bond donors (Lipinski definition) is 3. The SMILES string of the molecule is CC(C)(C)c1ccc(C(Cc2ccc(C(=O)NCC[SH](=O)=O)cc2)C(=O)Nc2cccc(Cl)c2)cc1. The van der Waals surface area contributed by atoms with Gasteiger partial charge in [0.15, 0.2) is 0 Å². The van der Waals surface area contributed by atoms with E-state index < -0.39 is 16.6 Å². The smallest absolute Gasteiger partial charge is 0.251 e. The molecule has 2 amide bonds. The minimum absolute atomic E-state index is 0.00319. The first-order valence-electron chi connectivity index (χ1n) is 11.7. The first kappa shape index (κ1) is 27.4. The van der Waals surface area contributed by atoms with E-state index in [0.717, 1.165) is 11.1 Å². The molecule has 0 aliphatic rings. The van der Waals surface area contributed by atoms with Crippen LogP contribution in [-0.4, -0.2) is 32.5 Å². The van der Waals surface area contributed by atoms with Gasteiger partial charge >= 0.3 is 0 Å². The van der Waals surface area contributed by atoms with Crippen LogP contribution in [-0.2, 0) is 27.3 Å². The van der Waals surface area contributed by atoms with Gasteiger partial charge < -0.3 is 10.6 Å². The lowest BCUT2D eigenvalue weighted by Gasteiger charge is -2.22. The molecule has 0 aliphatic heterocycles. The molecule has 36 heavy (non-hydrogen) atoms. The molecule has 6 nitrogen and oxygen atoms in total. The Bertz CT molecular complexity index is 1270. The summed E-state index contributed by atoms with van der Waals surface area (Å²) >= 11 is 6.09. The van der Waals surface area contributed by atoms with Gasteiger partial charge in [0.05, 0.1) is 11.7 Å². The zero-order valence-corrected chi connectivity index (χ0v) is 22.2. The highest BCUT2D eigenvalue weighted by molar-refractivity contribution is 7.72. The molecule has 1 unspecified atom stereocenters. The molecule has 3 aromatic carbocycles. The number of hydrogen-bond acceptors (Lipinski definition) is 4. The molecule has 2 N–H and O–H groups in total. The number of carbonyl (C=O) groups is 2. The summed E-state index contributed by atoms with van der Waals surface area (Å²) in [4.78, 5) is 25.6. The lowest BCUT2D eigenvalue weighted by atomic mass is 9.84. The van der Waals surface area contributed by atoms with Crippen LogP contribution < -0.4 is 10.6 Å². The second kappa shape index (κ2) is 12.2. The molecule has 3 rings (SSSR count). The van der Waals surface area contributed by atoms with Crippen LogP contribution in [0, 0.1) is 0 Å². The van der Waals surface area contributed by atoms with Gasteiger partial charge in [-0.15, -0.1) is 0 Å². The zero-order chi connectivity index (χ0) is 26.3. The van der Waals surface area contributed by atoms with Gasteiger partial charge in [0.2, 0.25) is 5.91 Å². The largest absolute Gasteiger partial charge is 0.351 e. The number of amides is 2. The Morgan fingerprint density at radius 1 is 0.944 bits per heavy atom. The third-order valence-electron chi connectivity index (χ3n) is 5.82. The summed E-state index contributed by atoms with van der Waals surface area (Å²) in [5.41, 5.74) is 4.00. The Balaban J connectivity index is 1.81. The van der Waals surface area contributed by atoms with Gasteiger partial charge in [-0.2, -0.15) is 0 Å². The summed E-state index contributed by atoms with van der Waals surface area (Å²) in [6.45, 7) is 6.49. The van der Waals surface area contributed by atoms with Gasteiger partial charge in [0.25, 0.3) is 5.91 Å². The van der Waals surface area contributed by atoms with E-state index in [9.17, 15) is 18.0 Å². The quantitative estimate of drug-likeness (QED) is 0.344. The van der Waals surface area contributed by atoms with Crippen LogP contribution in [0.5, 0.6) is 0 Å². The van der Waals surface area contributed by atoms with Gasteiger partial charge in [-0.3, -0.25) is 9.59 Å². The molecule has 190 valence electrons. The standard InChI is InChI=1S/C28H31ClN2O4S/c1-28(2,3)22-13-11-20(12-14-22)25(27(33)31-24-6-4-5-23(29)18-24)17-19-7-9-21(10-8-19)26(32)30-15-16-36(34)35/h4-14,18,25,36H,15-17H2,1-3H3,(H,30,32)(H,31,33). The molecule has 0 spiro atoms. The lowest BCUT2D eigenvalue weighted by molar-refractivity contribution is -0.117. The molecular formula is C28H31ClN2O4S. The predicted molar refractivity (Wildman–Crippen MR) is 146 cm³/mol. The van der Waals surface area contributed by atoms with E-state index in [1.54, 1.807) is 36.4 Å². The first-order valence-corrected chi connectivity index (χ1v) is 13.4. The number of nitrogens with one attached hydrogen (secondary N) is 2. The van der Waals surface area contributed by atoms with Crippen LogP contribution >= 0.6 is 11.6 Å². The number of thiol groups is 1. The molecule has 0 radical (unpaired) electrons. The Morgan fingerprint density at radius 3 is 2.19 bits per heavy atom. The second-order valence-electron chi connectivity index (χ2n) is 9.64. The van der Waals surface area contributed by atoms with Crippen molar-refractivity contribution in [3.8, 4) is 0 Å². The monoisotopic (exact) mass is 526 g/mol. The first-order chi connectivity index (χ1) is 17.0. The number of benzene rings is 3. The van der Waals surface area contributed by atoms with Gasteiger partial charge in [-0.25, -0.2) is 8.42 Å². The summed E-state index contributed by atoms with van der Waals surface area (Å²) < 4.78 is 21.4. The summed E-state index contributed by atoms with van der Waals surface area (Å²) in [6.07, 6.45) is 0.430. The van der Waals surface area contributed by atoms with E-state index in [2.05, 4.69) is 43.5 Å². The van der Waals surface area contributed by atoms with Gasteiger partial charge in [-0.05, 0) is 58.9 Å². The normalized spacial score (nSPS) is 12.2. The van der Waals surface area contributed by atoms with Gasteiger partial charge in [0.1, 0.15) is 10.7 Å². The fourth-order valence-electron chi connectivity index (χ4n) is 3.76. The highest BCUT2D eigenvalue weighted by atomic mass is 35.5. The Kier molecular flexibility index (Phi) is 9.29. The van der Waals surface area contributed by atoms with E-state index >= 15 is 0 Å². The van der Waals surface area contributed by atoms with Crippen LogP contribution in [0.2, 0.25) is 5.02 Å². The third kappa shape index (κ3) is 7.93. The second-order valence-corrected chi connectivity index (χ2v) is 11.2. The third-order valence-corrected chi connectivity index (χ3v) is 6.65. The van der Waals surface area contributed by atoms with E-state index in [1.165, 1.54) is 5.56 Å². The van der Waals surface area contributed by atoms with E-state index in [0.29, 0.717) is 22.7 Å². The van der Waals surface area contributed by atoms with Crippen molar-refractivity contribution in [3.63, 3.8) is 0 Å². The van der Waals surface area contributed by atoms with Crippen LogP contribution in [0.1, 0.15) is 53.7 Å². The van der Waals surface area contributed by atoms with Crippen molar-refractivity contribution in [2.45, 2.75) is 38.5 Å². The molecule has 0 fully saturated rings. The number of carbonyl (C=O) groups excluding carboxylic acids is 2. The van der Waals surface area contributed by atoms with Crippen LogP contribution in [0.4, 0.5) is 5.69 Å². The Labute approximate surface area is 219 Å². The summed E-state index contributed by atoms with van der Waals surface area (Å²) in [5.74, 6) is -1.07. The van der Waals surface area contributed by atoms with Crippen molar-refractivity contribution in [2.75, 3.05) is 17.6 Å². The predicted octanol–water partition coefficient (Wildman–Crippen LogP) is 4.94. The van der Waals surface area contributed by atoms with Crippen LogP contribution in [0.3, 0.4) is 0 Å². The lowest BCUT2D eigenvalue weighted by Crippen LogP contribution is -2.26. The van der Waals surface area contributed by atoms with Crippen LogP contribution in [0.15, 0.2) is 72.8 Å². The van der Waals surface area contributed by atoms with Crippen molar-refractivity contribution >= 4 is 39.8 Å². The maximum absolute atomic E-state index is 13.4. The molecule has 0 aliphatic carbocycles. The summed E-state index contributed by atoms with van der Waals surface area (Å²) in [5, 5.41) is 6.09. The molecule has 0 aromatic heterocycles. The van der Waals surface area contributed by atoms with E-state index in [1.807, 2.05) is 24.3 Å². The molecule has 0 saturated carbocycles. The van der Waals surface area contributed by atoms with Crippen molar-refractivity contribution < 1.29 is 18.0 Å². The van der Waals surface area contributed by atoms with Crippen molar-refractivity contribution in [2.24, 2.45) is 0 Å². The molecule has 3 aromatic rings. The van der Waals surface area contributed by atoms with Crippen molar-refractivity contribution in [1.82, 2.24) is 5.32 Å². The average molecular weight is 527 g/mol. The minimum atomic E-state index is -2.53. The van der Waals surface area contributed by atoms with E-state index in [4.69, 9.17) is 11.6 Å². The molecule has 8 heteroatoms. The minimum Gasteiger partial charge on any atom is -0.351 e. The van der Waals surface area contributed by atoms with Crippen LogP contribution in [0.25, 0.3) is 0 Å². The number of halogens is 1. The zero-order valence-electron chi connectivity index (χ0n) is 20.6. The maximum Gasteiger partial charge on any atom is 0.251 e. The van der Waals surface area contributed by atoms with Crippen molar-refractivity contribution in [3.05, 3.63) is 100 Å². The topological polar surface area (TPSA) is 92.3 Å². The van der Waals surface area contributed by atoms with Gasteiger partial charge in [0, 0.05) is 22.8 Å². The molecule has 0 heterocycles. The van der Waals surface area contributed by atoms with Gasteiger partial charge in [-0.1, -0.05) is 74.8 Å². The Morgan fingerprint density at radius 2 is 1.61 bits per heavy atom. The highest BCUT2D eigenvalue weighted by Crippen LogP contribution is 2.28. The summed E-state index contributed by atoms with van der Waals surface area (Å²) in [6, 6.07) is 22.1. The number of anilines is 1. The average Bonchev–Trinajstić information content (AvgIpc) is 2.82. The fourth-order valence-corrected chi connectivity index (χ4v) is 4.25.